The number of nitrogens with zero attached hydrogens (tertiary/aromatic N) is 1. The molecule has 25 heavy (non-hydrogen) atoms. The molecule has 0 saturated heterocycles. The maximum Gasteiger partial charge on any atom is 0.243 e. The van der Waals surface area contributed by atoms with Crippen LogP contribution in [0.5, 0.6) is 0 Å². The third kappa shape index (κ3) is 5.05. The molecule has 2 aromatic rings. The first kappa shape index (κ1) is 19.9. The molecule has 0 aliphatic heterocycles. The van der Waals surface area contributed by atoms with E-state index < -0.39 is 10.0 Å². The summed E-state index contributed by atoms with van der Waals surface area (Å²) < 4.78 is 26.5. The van der Waals surface area contributed by atoms with E-state index in [9.17, 15) is 8.42 Å². The van der Waals surface area contributed by atoms with Crippen LogP contribution in [0.4, 0.5) is 0 Å². The van der Waals surface area contributed by atoms with E-state index >= 15 is 0 Å². The molecule has 0 aliphatic rings. The minimum Gasteiger partial charge on any atom is -0.306 e. The van der Waals surface area contributed by atoms with E-state index in [0.29, 0.717) is 24.5 Å². The first-order valence-corrected chi connectivity index (χ1v) is 10.3. The molecule has 1 N–H and O–H groups in total. The molecule has 0 radical (unpaired) electrons. The number of sulfonamides is 1. The van der Waals surface area contributed by atoms with Gasteiger partial charge in [0.2, 0.25) is 10.0 Å². The van der Waals surface area contributed by atoms with Crippen molar-refractivity contribution in [2.45, 2.75) is 38.3 Å². The fourth-order valence-corrected chi connectivity index (χ4v) is 4.35. The molecule has 2 aromatic carbocycles. The normalized spacial score (nSPS) is 13.2. The van der Waals surface area contributed by atoms with Crippen LogP contribution in [-0.2, 0) is 16.6 Å². The Kier molecular flexibility index (Phi) is 7.02. The van der Waals surface area contributed by atoms with Crippen molar-refractivity contribution >= 4 is 21.6 Å². The van der Waals surface area contributed by atoms with Crippen LogP contribution in [0.25, 0.3) is 0 Å². The van der Waals surface area contributed by atoms with Crippen LogP contribution >= 0.6 is 11.6 Å². The lowest BCUT2D eigenvalue weighted by Crippen LogP contribution is -2.30. The van der Waals surface area contributed by atoms with Crippen LogP contribution in [0.3, 0.4) is 0 Å². The number of halogens is 1. The summed E-state index contributed by atoms with van der Waals surface area (Å²) in [5, 5.41) is 4.15. The summed E-state index contributed by atoms with van der Waals surface area (Å²) in [6, 6.07) is 14.9. The van der Waals surface area contributed by atoms with Crippen molar-refractivity contribution < 1.29 is 8.42 Å². The van der Waals surface area contributed by atoms with E-state index in [0.717, 1.165) is 16.1 Å². The van der Waals surface area contributed by atoms with Gasteiger partial charge in [-0.25, -0.2) is 8.42 Å². The van der Waals surface area contributed by atoms with Gasteiger partial charge in [0, 0.05) is 30.7 Å². The third-order valence-corrected chi connectivity index (χ3v) is 6.52. The largest absolute Gasteiger partial charge is 0.306 e. The molecule has 0 bridgehead atoms. The van der Waals surface area contributed by atoms with Gasteiger partial charge in [-0.3, -0.25) is 0 Å². The molecule has 4 nitrogen and oxygen atoms in total. The standard InChI is InChI=1S/C19H25ClN2O2S/c1-4-22(5-2)25(23,24)19-11-9-17(10-12-19)15(3)21-14-16-7-6-8-18(20)13-16/h6-13,15,21H,4-5,14H2,1-3H3. The zero-order valence-corrected chi connectivity index (χ0v) is 16.4. The van der Waals surface area contributed by atoms with E-state index in [1.165, 1.54) is 4.31 Å². The first-order valence-electron chi connectivity index (χ1n) is 8.46. The number of hydrogen-bond acceptors (Lipinski definition) is 3. The van der Waals surface area contributed by atoms with E-state index in [4.69, 9.17) is 11.6 Å². The summed E-state index contributed by atoms with van der Waals surface area (Å²) in [7, 11) is -3.41. The summed E-state index contributed by atoms with van der Waals surface area (Å²) in [5.41, 5.74) is 2.15. The molecule has 2 rings (SSSR count). The lowest BCUT2D eigenvalue weighted by atomic mass is 10.1. The lowest BCUT2D eigenvalue weighted by molar-refractivity contribution is 0.445. The minimum absolute atomic E-state index is 0.101. The van der Waals surface area contributed by atoms with Gasteiger partial charge in [-0.2, -0.15) is 4.31 Å². The van der Waals surface area contributed by atoms with Gasteiger partial charge in [-0.05, 0) is 42.3 Å². The second-order valence-corrected chi connectivity index (χ2v) is 8.27. The summed E-state index contributed by atoms with van der Waals surface area (Å²) in [6.07, 6.45) is 0. The van der Waals surface area contributed by atoms with Crippen LogP contribution in [0, 0.1) is 0 Å². The highest BCUT2D eigenvalue weighted by Crippen LogP contribution is 2.20. The summed E-state index contributed by atoms with van der Waals surface area (Å²) in [5.74, 6) is 0. The van der Waals surface area contributed by atoms with Crippen LogP contribution in [-0.4, -0.2) is 25.8 Å². The van der Waals surface area contributed by atoms with Crippen molar-refractivity contribution in [3.8, 4) is 0 Å². The molecule has 0 fully saturated rings. The van der Waals surface area contributed by atoms with E-state index in [2.05, 4.69) is 12.2 Å². The van der Waals surface area contributed by atoms with Gasteiger partial charge in [0.05, 0.1) is 4.90 Å². The SMILES string of the molecule is CCN(CC)S(=O)(=O)c1ccc(C(C)NCc2cccc(Cl)c2)cc1. The molecule has 1 atom stereocenters. The third-order valence-electron chi connectivity index (χ3n) is 4.22. The number of hydrogen-bond donors (Lipinski definition) is 1. The second-order valence-electron chi connectivity index (χ2n) is 5.89. The summed E-state index contributed by atoms with van der Waals surface area (Å²) in [6.45, 7) is 7.38. The molecule has 136 valence electrons. The van der Waals surface area contributed by atoms with E-state index in [1.807, 2.05) is 50.2 Å². The maximum absolute atomic E-state index is 12.5. The van der Waals surface area contributed by atoms with Gasteiger partial charge >= 0.3 is 0 Å². The number of benzene rings is 2. The van der Waals surface area contributed by atoms with Crippen molar-refractivity contribution in [1.29, 1.82) is 0 Å². The monoisotopic (exact) mass is 380 g/mol. The van der Waals surface area contributed by atoms with Crippen molar-refractivity contribution in [2.24, 2.45) is 0 Å². The Balaban J connectivity index is 2.06. The summed E-state index contributed by atoms with van der Waals surface area (Å²) in [4.78, 5) is 0.335. The van der Waals surface area contributed by atoms with Crippen LogP contribution in [0.15, 0.2) is 53.4 Å². The summed E-state index contributed by atoms with van der Waals surface area (Å²) >= 11 is 6.00. The number of nitrogens with one attached hydrogen (secondary N) is 1. The molecule has 0 saturated carbocycles. The minimum atomic E-state index is -3.41. The van der Waals surface area contributed by atoms with Crippen LogP contribution in [0.1, 0.15) is 37.9 Å². The molecule has 6 heteroatoms. The Bertz CT molecular complexity index is 787. The van der Waals surface area contributed by atoms with Crippen LogP contribution < -0.4 is 5.32 Å². The van der Waals surface area contributed by atoms with Gasteiger partial charge < -0.3 is 5.32 Å². The molecule has 0 spiro atoms. The van der Waals surface area contributed by atoms with Crippen molar-refractivity contribution in [3.63, 3.8) is 0 Å². The van der Waals surface area contributed by atoms with Gasteiger partial charge in [-0.1, -0.05) is 49.7 Å². The molecule has 1 unspecified atom stereocenters. The topological polar surface area (TPSA) is 49.4 Å². The van der Waals surface area contributed by atoms with E-state index in [1.54, 1.807) is 12.1 Å². The van der Waals surface area contributed by atoms with Crippen molar-refractivity contribution in [2.75, 3.05) is 13.1 Å². The predicted molar refractivity (Wildman–Crippen MR) is 103 cm³/mol. The first-order chi connectivity index (χ1) is 11.9. The lowest BCUT2D eigenvalue weighted by Gasteiger charge is -2.19. The second kappa shape index (κ2) is 8.81. The molecule has 0 aromatic heterocycles. The molecular formula is C19H25ClN2O2S. The fourth-order valence-electron chi connectivity index (χ4n) is 2.68. The van der Waals surface area contributed by atoms with Gasteiger partial charge in [-0.15, -0.1) is 0 Å². The van der Waals surface area contributed by atoms with Crippen LogP contribution in [0.2, 0.25) is 5.02 Å². The average molecular weight is 381 g/mol. The Hall–Kier alpha value is -1.40. The highest BCUT2D eigenvalue weighted by Gasteiger charge is 2.21. The Morgan fingerprint density at radius 1 is 1.08 bits per heavy atom. The van der Waals surface area contributed by atoms with E-state index in [-0.39, 0.29) is 6.04 Å². The Morgan fingerprint density at radius 3 is 2.28 bits per heavy atom. The molecular weight excluding hydrogens is 356 g/mol. The number of rotatable bonds is 8. The molecule has 0 amide bonds. The quantitative estimate of drug-likeness (QED) is 0.745. The highest BCUT2D eigenvalue weighted by atomic mass is 35.5. The van der Waals surface area contributed by atoms with Crippen molar-refractivity contribution in [1.82, 2.24) is 9.62 Å². The molecule has 0 heterocycles. The fraction of sp³-hybridized carbons (Fsp3) is 0.368. The Labute approximate surface area is 155 Å². The highest BCUT2D eigenvalue weighted by molar-refractivity contribution is 7.89. The van der Waals surface area contributed by atoms with Gasteiger partial charge in [0.1, 0.15) is 0 Å². The average Bonchev–Trinajstić information content (AvgIpc) is 2.60. The maximum atomic E-state index is 12.5. The van der Waals surface area contributed by atoms with Gasteiger partial charge in [0.25, 0.3) is 0 Å². The Morgan fingerprint density at radius 2 is 1.72 bits per heavy atom. The van der Waals surface area contributed by atoms with Crippen molar-refractivity contribution in [3.05, 3.63) is 64.7 Å². The smallest absolute Gasteiger partial charge is 0.243 e. The molecule has 0 aliphatic carbocycles. The van der Waals surface area contributed by atoms with Gasteiger partial charge in [0.15, 0.2) is 0 Å². The predicted octanol–water partition coefficient (Wildman–Crippen LogP) is 4.22. The zero-order chi connectivity index (χ0) is 18.4. The zero-order valence-electron chi connectivity index (χ0n) is 14.9.